The Morgan fingerprint density at radius 2 is 0.873 bits per heavy atom. The summed E-state index contributed by atoms with van der Waals surface area (Å²) in [5.41, 5.74) is 9.19. The lowest BCUT2D eigenvalue weighted by Crippen LogP contribution is -2.21. The zero-order chi connectivity index (χ0) is 41.1. The van der Waals surface area contributed by atoms with Gasteiger partial charge in [-0.15, -0.1) is 0 Å². The molecule has 0 bridgehead atoms. The zero-order valence-corrected chi connectivity index (χ0v) is 38.3. The Balaban J connectivity index is 3.32. The van der Waals surface area contributed by atoms with Crippen molar-refractivity contribution in [2.24, 2.45) is 0 Å². The van der Waals surface area contributed by atoms with Crippen LogP contribution < -0.4 is 4.74 Å². The van der Waals surface area contributed by atoms with E-state index in [4.69, 9.17) is 4.74 Å². The van der Waals surface area contributed by atoms with Crippen LogP contribution in [0, 0.1) is 0 Å². The molecule has 6 unspecified atom stereocenters. The van der Waals surface area contributed by atoms with Crippen molar-refractivity contribution in [3.8, 4) is 11.5 Å². The average Bonchev–Trinajstić information content (AvgIpc) is 3.20. The zero-order valence-electron chi connectivity index (χ0n) is 38.3. The SMILES string of the molecule is CCCC(CC)c1cc(/C=C/C(=O)c2c(C(CC)CCC)c(C(CC)CCC)c(O)c(C(CC)CCC)c2C(CC)CCC)c(C(CC)CCC)c(OC)c1. The summed E-state index contributed by atoms with van der Waals surface area (Å²) in [6, 6.07) is 4.69. The molecule has 0 heterocycles. The lowest BCUT2D eigenvalue weighted by molar-refractivity contribution is 0.104. The molecular weight excluding hydrogens is 673 g/mol. The summed E-state index contributed by atoms with van der Waals surface area (Å²) in [6.07, 6.45) is 22.7. The number of allylic oxidation sites excluding steroid dienone is 1. The van der Waals surface area contributed by atoms with Gasteiger partial charge in [-0.1, -0.05) is 134 Å². The van der Waals surface area contributed by atoms with Crippen molar-refractivity contribution in [2.45, 2.75) is 234 Å². The van der Waals surface area contributed by atoms with Crippen LogP contribution in [0.25, 0.3) is 6.08 Å². The van der Waals surface area contributed by atoms with Crippen LogP contribution in [0.1, 0.15) is 283 Å². The van der Waals surface area contributed by atoms with E-state index in [1.807, 2.05) is 13.2 Å². The summed E-state index contributed by atoms with van der Waals surface area (Å²) < 4.78 is 6.23. The maximum absolute atomic E-state index is 15.7. The molecule has 312 valence electrons. The molecule has 0 amide bonds. The maximum Gasteiger partial charge on any atom is 0.186 e. The highest BCUT2D eigenvalue weighted by Gasteiger charge is 2.36. The lowest BCUT2D eigenvalue weighted by Gasteiger charge is -2.35. The Hall–Kier alpha value is -2.55. The van der Waals surface area contributed by atoms with E-state index < -0.39 is 0 Å². The smallest absolute Gasteiger partial charge is 0.186 e. The number of methoxy groups -OCH3 is 1. The van der Waals surface area contributed by atoms with Crippen LogP contribution in [-0.4, -0.2) is 18.0 Å². The van der Waals surface area contributed by atoms with Gasteiger partial charge in [-0.2, -0.15) is 0 Å². The van der Waals surface area contributed by atoms with Crippen LogP contribution in [0.3, 0.4) is 0 Å². The van der Waals surface area contributed by atoms with Crippen molar-refractivity contribution in [1.82, 2.24) is 0 Å². The van der Waals surface area contributed by atoms with Gasteiger partial charge in [0.15, 0.2) is 5.78 Å². The normalized spacial score (nSPS) is 15.2. The number of hydrogen-bond donors (Lipinski definition) is 1. The molecule has 0 saturated heterocycles. The average molecular weight is 759 g/mol. The Kier molecular flexibility index (Phi) is 22.7. The van der Waals surface area contributed by atoms with Gasteiger partial charge < -0.3 is 9.84 Å². The Labute approximate surface area is 340 Å². The van der Waals surface area contributed by atoms with Crippen LogP contribution in [-0.2, 0) is 0 Å². The molecule has 0 fully saturated rings. The molecule has 0 radical (unpaired) electrons. The summed E-state index contributed by atoms with van der Waals surface area (Å²) in [5.74, 6) is 3.30. The number of ketones is 1. The van der Waals surface area contributed by atoms with E-state index in [0.29, 0.717) is 17.6 Å². The first-order valence-corrected chi connectivity index (χ1v) is 23.5. The molecular formula is C52H86O3. The van der Waals surface area contributed by atoms with E-state index in [9.17, 15) is 5.11 Å². The number of ether oxygens (including phenoxy) is 1. The van der Waals surface area contributed by atoms with E-state index in [2.05, 4.69) is 101 Å². The predicted octanol–water partition coefficient (Wildman–Crippen LogP) is 17.1. The summed E-state index contributed by atoms with van der Waals surface area (Å²) in [5, 5.41) is 12.9. The van der Waals surface area contributed by atoms with Crippen LogP contribution >= 0.6 is 0 Å². The van der Waals surface area contributed by atoms with Gasteiger partial charge in [-0.3, -0.25) is 4.79 Å². The number of carbonyl (C=O) groups is 1. The maximum atomic E-state index is 15.7. The number of rotatable bonds is 28. The minimum atomic E-state index is 0.119. The molecule has 0 aliphatic carbocycles. The molecule has 0 aliphatic rings. The highest BCUT2D eigenvalue weighted by atomic mass is 16.5. The molecule has 0 spiro atoms. The van der Waals surface area contributed by atoms with Crippen molar-refractivity contribution in [3.63, 3.8) is 0 Å². The fourth-order valence-corrected chi connectivity index (χ4v) is 10.1. The molecule has 2 aromatic carbocycles. The second-order valence-corrected chi connectivity index (χ2v) is 16.7. The fourth-order valence-electron chi connectivity index (χ4n) is 10.1. The summed E-state index contributed by atoms with van der Waals surface area (Å²) >= 11 is 0. The predicted molar refractivity (Wildman–Crippen MR) is 242 cm³/mol. The number of carbonyl (C=O) groups excluding carboxylic acids is 1. The molecule has 2 rings (SSSR count). The van der Waals surface area contributed by atoms with Gasteiger partial charge in [0, 0.05) is 22.3 Å². The minimum Gasteiger partial charge on any atom is -0.507 e. The van der Waals surface area contributed by atoms with Crippen molar-refractivity contribution >= 4 is 11.9 Å². The Morgan fingerprint density at radius 1 is 0.527 bits per heavy atom. The van der Waals surface area contributed by atoms with Gasteiger partial charge in [0.05, 0.1) is 7.11 Å². The minimum absolute atomic E-state index is 0.119. The van der Waals surface area contributed by atoms with Crippen LogP contribution in [0.15, 0.2) is 18.2 Å². The number of aromatic hydroxyl groups is 1. The van der Waals surface area contributed by atoms with Crippen molar-refractivity contribution in [3.05, 3.63) is 62.7 Å². The summed E-state index contributed by atoms with van der Waals surface area (Å²) in [6.45, 7) is 27.3. The van der Waals surface area contributed by atoms with Crippen molar-refractivity contribution in [1.29, 1.82) is 0 Å². The summed E-state index contributed by atoms with van der Waals surface area (Å²) in [4.78, 5) is 15.7. The lowest BCUT2D eigenvalue weighted by atomic mass is 9.69. The van der Waals surface area contributed by atoms with Gasteiger partial charge in [0.2, 0.25) is 0 Å². The van der Waals surface area contributed by atoms with E-state index in [1.165, 1.54) is 22.3 Å². The monoisotopic (exact) mass is 759 g/mol. The number of phenolic OH excluding ortho intramolecular Hbond substituents is 1. The number of benzene rings is 2. The van der Waals surface area contributed by atoms with Crippen molar-refractivity contribution in [2.75, 3.05) is 7.11 Å². The fraction of sp³-hybridized carbons (Fsp3) is 0.712. The molecule has 3 nitrogen and oxygen atoms in total. The molecule has 1 N–H and O–H groups in total. The third-order valence-corrected chi connectivity index (χ3v) is 13.0. The summed E-state index contributed by atoms with van der Waals surface area (Å²) in [7, 11) is 1.82. The quantitative estimate of drug-likeness (QED) is 0.0694. The second-order valence-electron chi connectivity index (χ2n) is 16.7. The first-order valence-electron chi connectivity index (χ1n) is 23.5. The van der Waals surface area contributed by atoms with E-state index in [-0.39, 0.29) is 29.5 Å². The molecule has 6 atom stereocenters. The van der Waals surface area contributed by atoms with E-state index >= 15 is 4.79 Å². The van der Waals surface area contributed by atoms with Gasteiger partial charge >= 0.3 is 0 Å². The van der Waals surface area contributed by atoms with Crippen LogP contribution in [0.5, 0.6) is 11.5 Å². The van der Waals surface area contributed by atoms with Gasteiger partial charge in [0.25, 0.3) is 0 Å². The highest BCUT2D eigenvalue weighted by molar-refractivity contribution is 6.10. The number of phenols is 1. The first kappa shape index (κ1) is 48.6. The van der Waals surface area contributed by atoms with Gasteiger partial charge in [0.1, 0.15) is 11.5 Å². The third-order valence-electron chi connectivity index (χ3n) is 13.0. The highest BCUT2D eigenvalue weighted by Crippen LogP contribution is 2.52. The molecule has 0 saturated carbocycles. The Morgan fingerprint density at radius 3 is 1.22 bits per heavy atom. The van der Waals surface area contributed by atoms with Gasteiger partial charge in [-0.05, 0) is 147 Å². The third kappa shape index (κ3) is 12.0. The molecule has 0 aromatic heterocycles. The molecule has 0 aliphatic heterocycles. The molecule has 3 heteroatoms. The van der Waals surface area contributed by atoms with E-state index in [1.54, 1.807) is 0 Å². The standard InChI is InChI=1S/C52H86O3/c1-14-26-36(20-7)43-34-42(46(45(35-43)55-13)37(21-8)27-15-2)32-33-44(53)51-47(38(22-9)28-16-3)49(40(24-11)30-18-5)52(54)50(41(25-12)31-19-6)48(51)39(23-10)29-17-4/h32-41,54H,14-31H2,1-13H3/b33-32+. The Bertz CT molecular complexity index is 1400. The van der Waals surface area contributed by atoms with Crippen molar-refractivity contribution < 1.29 is 14.6 Å². The van der Waals surface area contributed by atoms with E-state index in [0.717, 1.165) is 144 Å². The van der Waals surface area contributed by atoms with Gasteiger partial charge in [-0.25, -0.2) is 0 Å². The number of hydrogen-bond acceptors (Lipinski definition) is 3. The largest absolute Gasteiger partial charge is 0.507 e. The van der Waals surface area contributed by atoms with Crippen LogP contribution in [0.4, 0.5) is 0 Å². The van der Waals surface area contributed by atoms with Crippen LogP contribution in [0.2, 0.25) is 0 Å². The molecule has 55 heavy (non-hydrogen) atoms. The molecule has 2 aromatic rings. The topological polar surface area (TPSA) is 46.5 Å². The first-order chi connectivity index (χ1) is 26.6. The second kappa shape index (κ2) is 25.7.